The molecule has 0 atom stereocenters. The van der Waals surface area contributed by atoms with Gasteiger partial charge in [-0.3, -0.25) is 4.40 Å². The number of rotatable bonds is 1. The quantitative estimate of drug-likeness (QED) is 0.214. The SMILES string of the molecule is c1ccc2c(c1)ccc1c3ccccc3n(-c3ccc4c(c3)c3ccccc3c3nc5ccccc5n43)c21. The second-order valence-corrected chi connectivity index (χ2v) is 10.0. The van der Waals surface area contributed by atoms with E-state index in [1.54, 1.807) is 0 Å². The Balaban J connectivity index is 1.49. The molecule has 0 saturated carbocycles. The summed E-state index contributed by atoms with van der Waals surface area (Å²) >= 11 is 0. The topological polar surface area (TPSA) is 22.2 Å². The molecule has 3 aromatic heterocycles. The number of benzene rings is 6. The van der Waals surface area contributed by atoms with Crippen LogP contribution in [-0.2, 0) is 0 Å². The molecule has 0 saturated heterocycles. The Hall–Kier alpha value is -5.15. The molecule has 0 N–H and O–H groups in total. The van der Waals surface area contributed by atoms with Gasteiger partial charge in [0.2, 0.25) is 0 Å². The summed E-state index contributed by atoms with van der Waals surface area (Å²) in [6, 6.07) is 45.9. The molecule has 0 aliphatic rings. The van der Waals surface area contributed by atoms with Crippen molar-refractivity contribution in [3.8, 4) is 5.69 Å². The van der Waals surface area contributed by atoms with E-state index in [0.717, 1.165) is 22.4 Å². The standard InChI is InChI=1S/C35H21N3/c1-2-10-24-22(9-1)17-19-27-26-12-5-7-15-31(26)37(34(24)27)23-18-20-32-29(21-23)25-11-3-4-13-28(25)35-36-30-14-6-8-16-33(30)38(32)35/h1-21H. The van der Waals surface area contributed by atoms with Crippen LogP contribution in [-0.4, -0.2) is 14.0 Å². The molecule has 9 aromatic rings. The van der Waals surface area contributed by atoms with Crippen LogP contribution >= 0.6 is 0 Å². The first-order valence-corrected chi connectivity index (χ1v) is 13.0. The molecule has 3 heterocycles. The number of aromatic nitrogens is 3. The summed E-state index contributed by atoms with van der Waals surface area (Å²) in [5.74, 6) is 0. The van der Waals surface area contributed by atoms with Crippen LogP contribution in [0.3, 0.4) is 0 Å². The average molecular weight is 484 g/mol. The largest absolute Gasteiger partial charge is 0.309 e. The van der Waals surface area contributed by atoms with Gasteiger partial charge in [-0.15, -0.1) is 0 Å². The fourth-order valence-electron chi connectivity index (χ4n) is 6.44. The van der Waals surface area contributed by atoms with E-state index in [2.05, 4.69) is 136 Å². The minimum Gasteiger partial charge on any atom is -0.309 e. The maximum atomic E-state index is 5.04. The van der Waals surface area contributed by atoms with Crippen LogP contribution in [0.1, 0.15) is 0 Å². The second kappa shape index (κ2) is 7.21. The van der Waals surface area contributed by atoms with Crippen LogP contribution in [0.15, 0.2) is 127 Å². The van der Waals surface area contributed by atoms with Gasteiger partial charge in [0.25, 0.3) is 0 Å². The lowest BCUT2D eigenvalue weighted by Gasteiger charge is -2.14. The number of imidazole rings is 1. The molecule has 0 unspecified atom stereocenters. The molecule has 0 fully saturated rings. The minimum atomic E-state index is 1.00. The Bertz CT molecular complexity index is 2410. The summed E-state index contributed by atoms with van der Waals surface area (Å²) in [6.45, 7) is 0. The molecule has 3 heteroatoms. The van der Waals surface area contributed by atoms with Gasteiger partial charge in [-0.05, 0) is 47.2 Å². The highest BCUT2D eigenvalue weighted by atomic mass is 15.0. The van der Waals surface area contributed by atoms with Gasteiger partial charge in [-0.25, -0.2) is 4.98 Å². The van der Waals surface area contributed by atoms with E-state index in [0.29, 0.717) is 0 Å². The van der Waals surface area contributed by atoms with Crippen molar-refractivity contribution in [2.45, 2.75) is 0 Å². The number of hydrogen-bond acceptors (Lipinski definition) is 1. The van der Waals surface area contributed by atoms with Crippen LogP contribution in [0.4, 0.5) is 0 Å². The van der Waals surface area contributed by atoms with Crippen molar-refractivity contribution in [1.82, 2.24) is 14.0 Å². The normalized spacial score (nSPS) is 12.2. The molecule has 0 radical (unpaired) electrons. The number of nitrogens with zero attached hydrogens (tertiary/aromatic N) is 3. The van der Waals surface area contributed by atoms with E-state index in [-0.39, 0.29) is 0 Å². The summed E-state index contributed by atoms with van der Waals surface area (Å²) in [5, 5.41) is 8.68. The van der Waals surface area contributed by atoms with E-state index in [1.165, 1.54) is 54.3 Å². The molecular weight excluding hydrogens is 462 g/mol. The number of fused-ring (bicyclic) bond motifs is 13. The first-order chi connectivity index (χ1) is 18.9. The highest BCUT2D eigenvalue weighted by molar-refractivity contribution is 6.19. The molecule has 0 amide bonds. The van der Waals surface area contributed by atoms with Gasteiger partial charge in [-0.1, -0.05) is 91.0 Å². The summed E-state index contributed by atoms with van der Waals surface area (Å²) in [4.78, 5) is 5.04. The zero-order valence-electron chi connectivity index (χ0n) is 20.5. The van der Waals surface area contributed by atoms with Crippen molar-refractivity contribution in [2.24, 2.45) is 0 Å². The van der Waals surface area contributed by atoms with E-state index in [4.69, 9.17) is 4.98 Å². The number of para-hydroxylation sites is 3. The maximum absolute atomic E-state index is 5.04. The lowest BCUT2D eigenvalue weighted by atomic mass is 10.0. The summed E-state index contributed by atoms with van der Waals surface area (Å²) in [7, 11) is 0. The van der Waals surface area contributed by atoms with E-state index < -0.39 is 0 Å². The average Bonchev–Trinajstić information content (AvgIpc) is 3.54. The lowest BCUT2D eigenvalue weighted by Crippen LogP contribution is -1.97. The molecule has 0 bridgehead atoms. The third kappa shape index (κ3) is 2.50. The highest BCUT2D eigenvalue weighted by Crippen LogP contribution is 2.38. The molecule has 0 aliphatic carbocycles. The smallest absolute Gasteiger partial charge is 0.146 e. The second-order valence-electron chi connectivity index (χ2n) is 10.0. The predicted octanol–water partition coefficient (Wildman–Crippen LogP) is 9.04. The zero-order valence-corrected chi connectivity index (χ0v) is 20.5. The van der Waals surface area contributed by atoms with Crippen LogP contribution in [0, 0.1) is 0 Å². The van der Waals surface area contributed by atoms with Crippen LogP contribution in [0.25, 0.3) is 76.6 Å². The number of pyridine rings is 1. The van der Waals surface area contributed by atoms with E-state index >= 15 is 0 Å². The Morgan fingerprint density at radius 2 is 1.16 bits per heavy atom. The van der Waals surface area contributed by atoms with Gasteiger partial charge in [-0.2, -0.15) is 0 Å². The van der Waals surface area contributed by atoms with Gasteiger partial charge >= 0.3 is 0 Å². The third-order valence-corrected chi connectivity index (χ3v) is 8.06. The Labute approximate surface area is 217 Å². The summed E-state index contributed by atoms with van der Waals surface area (Å²) in [5.41, 5.74) is 7.95. The van der Waals surface area contributed by atoms with Crippen molar-refractivity contribution in [3.05, 3.63) is 127 Å². The Morgan fingerprint density at radius 3 is 2.05 bits per heavy atom. The number of hydrogen-bond donors (Lipinski definition) is 0. The fourth-order valence-corrected chi connectivity index (χ4v) is 6.44. The molecule has 6 aromatic carbocycles. The van der Waals surface area contributed by atoms with E-state index in [1.807, 2.05) is 0 Å². The maximum Gasteiger partial charge on any atom is 0.146 e. The molecule has 38 heavy (non-hydrogen) atoms. The molecule has 0 spiro atoms. The molecule has 176 valence electrons. The van der Waals surface area contributed by atoms with Gasteiger partial charge in [0.15, 0.2) is 0 Å². The van der Waals surface area contributed by atoms with Crippen LogP contribution < -0.4 is 0 Å². The van der Waals surface area contributed by atoms with Crippen molar-refractivity contribution < 1.29 is 0 Å². The first-order valence-electron chi connectivity index (χ1n) is 13.0. The van der Waals surface area contributed by atoms with Crippen molar-refractivity contribution >= 4 is 70.9 Å². The fraction of sp³-hybridized carbons (Fsp3) is 0. The summed E-state index contributed by atoms with van der Waals surface area (Å²) < 4.78 is 4.76. The molecule has 3 nitrogen and oxygen atoms in total. The van der Waals surface area contributed by atoms with Gasteiger partial charge in [0.05, 0.1) is 27.6 Å². The van der Waals surface area contributed by atoms with Crippen molar-refractivity contribution in [3.63, 3.8) is 0 Å². The van der Waals surface area contributed by atoms with E-state index in [9.17, 15) is 0 Å². The third-order valence-electron chi connectivity index (χ3n) is 8.06. The van der Waals surface area contributed by atoms with Gasteiger partial charge in [0, 0.05) is 32.6 Å². The van der Waals surface area contributed by atoms with Gasteiger partial charge in [0.1, 0.15) is 5.65 Å². The Morgan fingerprint density at radius 1 is 0.447 bits per heavy atom. The lowest BCUT2D eigenvalue weighted by molar-refractivity contribution is 1.19. The van der Waals surface area contributed by atoms with Crippen molar-refractivity contribution in [1.29, 1.82) is 0 Å². The van der Waals surface area contributed by atoms with Crippen LogP contribution in [0.2, 0.25) is 0 Å². The Kier molecular flexibility index (Phi) is 3.79. The molecule has 0 aliphatic heterocycles. The highest BCUT2D eigenvalue weighted by Gasteiger charge is 2.17. The minimum absolute atomic E-state index is 1.00. The monoisotopic (exact) mass is 483 g/mol. The van der Waals surface area contributed by atoms with Crippen molar-refractivity contribution in [2.75, 3.05) is 0 Å². The predicted molar refractivity (Wildman–Crippen MR) is 160 cm³/mol. The summed E-state index contributed by atoms with van der Waals surface area (Å²) in [6.07, 6.45) is 0. The first kappa shape index (κ1) is 20.0. The van der Waals surface area contributed by atoms with Crippen LogP contribution in [0.5, 0.6) is 0 Å². The molecule has 9 rings (SSSR count). The molecular formula is C35H21N3. The zero-order chi connectivity index (χ0) is 24.8. The van der Waals surface area contributed by atoms with Gasteiger partial charge < -0.3 is 4.57 Å².